The number of aryl methyl sites for hydroxylation is 1. The van der Waals surface area contributed by atoms with Crippen molar-refractivity contribution in [1.82, 2.24) is 14.9 Å². The molecular formula is C26H31N7O3S. The largest absolute Gasteiger partial charge is 0.497 e. The van der Waals surface area contributed by atoms with E-state index in [1.165, 1.54) is 24.2 Å². The molecule has 3 aliphatic rings. The van der Waals surface area contributed by atoms with Gasteiger partial charge < -0.3 is 30.3 Å². The van der Waals surface area contributed by atoms with Crippen LogP contribution in [0.25, 0.3) is 10.2 Å². The summed E-state index contributed by atoms with van der Waals surface area (Å²) in [6.07, 6.45) is 4.48. The van der Waals surface area contributed by atoms with Gasteiger partial charge in [0.15, 0.2) is 0 Å². The maximum atomic E-state index is 13.0. The summed E-state index contributed by atoms with van der Waals surface area (Å²) < 4.78 is 11.7. The Labute approximate surface area is 219 Å². The third-order valence-corrected chi connectivity index (χ3v) is 8.41. The summed E-state index contributed by atoms with van der Waals surface area (Å²) >= 11 is 1.53. The van der Waals surface area contributed by atoms with E-state index in [0.29, 0.717) is 38.6 Å². The fourth-order valence-electron chi connectivity index (χ4n) is 5.45. The quantitative estimate of drug-likeness (QED) is 0.532. The number of ether oxygens (including phenoxy) is 2. The lowest BCUT2D eigenvalue weighted by Gasteiger charge is -2.35. The minimum atomic E-state index is -0.139. The Kier molecular flexibility index (Phi) is 6.02. The van der Waals surface area contributed by atoms with Crippen molar-refractivity contribution in [2.45, 2.75) is 38.2 Å². The fourth-order valence-corrected chi connectivity index (χ4v) is 6.36. The molecule has 2 aliphatic heterocycles. The van der Waals surface area contributed by atoms with Crippen molar-refractivity contribution < 1.29 is 14.3 Å². The van der Waals surface area contributed by atoms with Crippen molar-refractivity contribution in [2.75, 3.05) is 55.8 Å². The first kappa shape index (κ1) is 23.8. The lowest BCUT2D eigenvalue weighted by atomic mass is 10.0. The number of hydrogen-bond donors (Lipinski definition) is 2. The molecule has 1 aromatic carbocycles. The molecule has 3 N–H and O–H groups in total. The SMILES string of the molecule is COc1ccc(NC(=O)N2CCN(c3nc(N)nc4scc(C5=NCC6(CCCC6)O5)c34)CC2)c(C)c1. The molecule has 3 aromatic rings. The molecule has 194 valence electrons. The minimum absolute atomic E-state index is 0.118. The standard InChI is InChI=1S/C26H31N7O3S/c1-16-13-17(35-2)5-6-19(16)29-25(34)33-11-9-32(10-12-33)21-20-18(14-37-23(20)31-24(27)30-21)22-28-15-26(36-22)7-3-4-8-26/h5-6,13-14H,3-4,7-12,15H2,1-2H3,(H,29,34)(H2,27,30,31). The van der Waals surface area contributed by atoms with Crippen LogP contribution in [0.4, 0.5) is 22.2 Å². The number of benzene rings is 1. The highest BCUT2D eigenvalue weighted by atomic mass is 32.1. The molecule has 10 nitrogen and oxygen atoms in total. The molecule has 2 amide bonds. The number of carbonyl (C=O) groups is 1. The molecule has 6 rings (SSSR count). The molecular weight excluding hydrogens is 490 g/mol. The summed E-state index contributed by atoms with van der Waals surface area (Å²) in [6.45, 7) is 5.05. The maximum Gasteiger partial charge on any atom is 0.321 e. The van der Waals surface area contributed by atoms with Gasteiger partial charge in [-0.2, -0.15) is 4.98 Å². The van der Waals surface area contributed by atoms with Gasteiger partial charge in [-0.15, -0.1) is 11.3 Å². The van der Waals surface area contributed by atoms with E-state index in [4.69, 9.17) is 20.2 Å². The summed E-state index contributed by atoms with van der Waals surface area (Å²) in [4.78, 5) is 31.7. The van der Waals surface area contributed by atoms with E-state index in [1.807, 2.05) is 30.0 Å². The molecule has 2 aromatic heterocycles. The number of rotatable bonds is 4. The van der Waals surface area contributed by atoms with Crippen LogP contribution in [0.15, 0.2) is 28.6 Å². The van der Waals surface area contributed by atoms with Gasteiger partial charge in [-0.25, -0.2) is 14.8 Å². The minimum Gasteiger partial charge on any atom is -0.497 e. The van der Waals surface area contributed by atoms with E-state index in [2.05, 4.69) is 25.6 Å². The van der Waals surface area contributed by atoms with Crippen molar-refractivity contribution in [3.63, 3.8) is 0 Å². The lowest BCUT2D eigenvalue weighted by Crippen LogP contribution is -2.50. The van der Waals surface area contributed by atoms with E-state index in [-0.39, 0.29) is 17.6 Å². The zero-order valence-corrected chi connectivity index (χ0v) is 21.9. The van der Waals surface area contributed by atoms with Gasteiger partial charge in [-0.05, 0) is 56.4 Å². The average molecular weight is 522 g/mol. The molecule has 0 bridgehead atoms. The molecule has 1 spiro atoms. The Bertz CT molecular complexity index is 1370. The van der Waals surface area contributed by atoms with Crippen LogP contribution in [0.5, 0.6) is 5.75 Å². The topological polar surface area (TPSA) is 118 Å². The zero-order chi connectivity index (χ0) is 25.6. The Morgan fingerprint density at radius 1 is 1.19 bits per heavy atom. The van der Waals surface area contributed by atoms with Gasteiger partial charge in [0.1, 0.15) is 22.0 Å². The Morgan fingerprint density at radius 3 is 2.70 bits per heavy atom. The molecule has 0 unspecified atom stereocenters. The molecule has 11 heteroatoms. The van der Waals surface area contributed by atoms with E-state index in [9.17, 15) is 4.79 Å². The molecule has 4 heterocycles. The van der Waals surface area contributed by atoms with Crippen LogP contribution in [-0.2, 0) is 4.74 Å². The Morgan fingerprint density at radius 2 is 1.97 bits per heavy atom. The molecule has 1 saturated carbocycles. The molecule has 1 aliphatic carbocycles. The number of methoxy groups -OCH3 is 1. The number of anilines is 3. The Balaban J connectivity index is 1.19. The monoisotopic (exact) mass is 521 g/mol. The first-order valence-electron chi connectivity index (χ1n) is 12.7. The number of carbonyl (C=O) groups excluding carboxylic acids is 1. The number of hydrogen-bond acceptors (Lipinski definition) is 9. The summed E-state index contributed by atoms with van der Waals surface area (Å²) in [5.41, 5.74) is 8.62. The summed E-state index contributed by atoms with van der Waals surface area (Å²) in [7, 11) is 1.63. The van der Waals surface area contributed by atoms with Crippen molar-refractivity contribution in [1.29, 1.82) is 0 Å². The van der Waals surface area contributed by atoms with Gasteiger partial charge >= 0.3 is 6.03 Å². The van der Waals surface area contributed by atoms with E-state index < -0.39 is 0 Å². The fraction of sp³-hybridized carbons (Fsp3) is 0.462. The third-order valence-electron chi connectivity index (χ3n) is 7.54. The van der Waals surface area contributed by atoms with Gasteiger partial charge in [0, 0.05) is 37.2 Å². The summed E-state index contributed by atoms with van der Waals surface area (Å²) in [5, 5.41) is 6.01. The lowest BCUT2D eigenvalue weighted by molar-refractivity contribution is 0.0965. The van der Waals surface area contributed by atoms with E-state index in [0.717, 1.165) is 51.4 Å². The number of nitrogens with one attached hydrogen (secondary N) is 1. The number of nitrogen functional groups attached to an aromatic ring is 1. The van der Waals surface area contributed by atoms with Gasteiger partial charge in [0.25, 0.3) is 0 Å². The predicted molar refractivity (Wildman–Crippen MR) is 146 cm³/mol. The maximum absolute atomic E-state index is 13.0. The Hall–Kier alpha value is -3.60. The molecule has 0 radical (unpaired) electrons. The van der Waals surface area contributed by atoms with Crippen LogP contribution in [0.3, 0.4) is 0 Å². The highest BCUT2D eigenvalue weighted by Gasteiger charge is 2.41. The highest BCUT2D eigenvalue weighted by molar-refractivity contribution is 7.17. The number of urea groups is 1. The van der Waals surface area contributed by atoms with Gasteiger partial charge in [0.2, 0.25) is 11.8 Å². The second-order valence-electron chi connectivity index (χ2n) is 9.93. The zero-order valence-electron chi connectivity index (χ0n) is 21.1. The number of aliphatic imine (C=N–C) groups is 1. The second kappa shape index (κ2) is 9.37. The van der Waals surface area contributed by atoms with Gasteiger partial charge in [-0.3, -0.25) is 0 Å². The average Bonchev–Trinajstić information content (AvgIpc) is 3.65. The van der Waals surface area contributed by atoms with Crippen molar-refractivity contribution in [3.8, 4) is 5.75 Å². The molecule has 0 atom stereocenters. The van der Waals surface area contributed by atoms with Crippen LogP contribution in [0, 0.1) is 6.92 Å². The van der Waals surface area contributed by atoms with Crippen LogP contribution in [0.2, 0.25) is 0 Å². The number of thiophene rings is 1. The first-order valence-corrected chi connectivity index (χ1v) is 13.6. The van der Waals surface area contributed by atoms with E-state index >= 15 is 0 Å². The number of aromatic nitrogens is 2. The van der Waals surface area contributed by atoms with Crippen LogP contribution in [0.1, 0.15) is 36.8 Å². The van der Waals surface area contributed by atoms with Crippen molar-refractivity contribution in [3.05, 3.63) is 34.7 Å². The van der Waals surface area contributed by atoms with Gasteiger partial charge in [0.05, 0.1) is 24.6 Å². The third kappa shape index (κ3) is 4.41. The number of amides is 2. The smallest absolute Gasteiger partial charge is 0.321 e. The first-order chi connectivity index (χ1) is 17.9. The second-order valence-corrected chi connectivity index (χ2v) is 10.8. The van der Waals surface area contributed by atoms with Crippen molar-refractivity contribution in [2.24, 2.45) is 4.99 Å². The number of piperazine rings is 1. The van der Waals surface area contributed by atoms with Crippen LogP contribution in [-0.4, -0.2) is 72.2 Å². The van der Waals surface area contributed by atoms with Crippen molar-refractivity contribution >= 4 is 50.9 Å². The summed E-state index contributed by atoms with van der Waals surface area (Å²) in [5.74, 6) is 2.48. The van der Waals surface area contributed by atoms with Gasteiger partial charge in [-0.1, -0.05) is 0 Å². The van der Waals surface area contributed by atoms with Crippen LogP contribution < -0.4 is 20.7 Å². The van der Waals surface area contributed by atoms with Crippen LogP contribution >= 0.6 is 11.3 Å². The normalized spacial score (nSPS) is 18.8. The summed E-state index contributed by atoms with van der Waals surface area (Å²) in [6, 6.07) is 5.50. The number of fused-ring (bicyclic) bond motifs is 1. The predicted octanol–water partition coefficient (Wildman–Crippen LogP) is 4.03. The number of nitrogens with two attached hydrogens (primary N) is 1. The highest BCUT2D eigenvalue weighted by Crippen LogP contribution is 2.41. The van der Waals surface area contributed by atoms with E-state index in [1.54, 1.807) is 7.11 Å². The molecule has 37 heavy (non-hydrogen) atoms. The number of nitrogens with zero attached hydrogens (tertiary/aromatic N) is 5. The molecule has 1 saturated heterocycles. The molecule has 2 fully saturated rings.